The summed E-state index contributed by atoms with van der Waals surface area (Å²) >= 11 is 1.43. The van der Waals surface area contributed by atoms with Gasteiger partial charge in [-0.25, -0.2) is 4.79 Å². The maximum atomic E-state index is 12.9. The number of para-hydroxylation sites is 2. The number of thiophene rings is 1. The van der Waals surface area contributed by atoms with Crippen LogP contribution < -0.4 is 10.2 Å². The first-order chi connectivity index (χ1) is 13.4. The van der Waals surface area contributed by atoms with Crippen molar-refractivity contribution in [2.24, 2.45) is 0 Å². The van der Waals surface area contributed by atoms with Crippen molar-refractivity contribution in [3.05, 3.63) is 45.6 Å². The van der Waals surface area contributed by atoms with E-state index in [1.165, 1.54) is 28.0 Å². The van der Waals surface area contributed by atoms with E-state index in [-0.39, 0.29) is 12.5 Å². The van der Waals surface area contributed by atoms with Crippen molar-refractivity contribution in [3.8, 4) is 0 Å². The Morgan fingerprint density at radius 2 is 2.04 bits per heavy atom. The van der Waals surface area contributed by atoms with Crippen LogP contribution in [0.3, 0.4) is 0 Å². The number of hydrogen-bond donors (Lipinski definition) is 1. The second-order valence-electron chi connectivity index (χ2n) is 6.70. The number of nitrogens with one attached hydrogen (secondary N) is 1. The molecule has 148 valence electrons. The molecule has 2 amide bonds. The Morgan fingerprint density at radius 1 is 1.29 bits per heavy atom. The van der Waals surface area contributed by atoms with Crippen molar-refractivity contribution in [3.63, 3.8) is 0 Å². The van der Waals surface area contributed by atoms with E-state index in [2.05, 4.69) is 19.2 Å². The Hall–Kier alpha value is -2.67. The van der Waals surface area contributed by atoms with Crippen LogP contribution in [0, 0.1) is 0 Å². The zero-order valence-corrected chi connectivity index (χ0v) is 17.1. The Morgan fingerprint density at radius 3 is 2.75 bits per heavy atom. The van der Waals surface area contributed by atoms with Gasteiger partial charge in [-0.05, 0) is 43.5 Å². The summed E-state index contributed by atoms with van der Waals surface area (Å²) in [6.07, 6.45) is 1.80. The summed E-state index contributed by atoms with van der Waals surface area (Å²) in [6, 6.07) is 8.92. The summed E-state index contributed by atoms with van der Waals surface area (Å²) in [6.45, 7) is 5.60. The molecule has 0 radical (unpaired) electrons. The van der Waals surface area contributed by atoms with Crippen molar-refractivity contribution in [1.82, 2.24) is 0 Å². The molecule has 6 nitrogen and oxygen atoms in total. The average Bonchev–Trinajstić information content (AvgIpc) is 3.10. The molecule has 0 bridgehead atoms. The number of aryl methyl sites for hydroxylation is 2. The quantitative estimate of drug-likeness (QED) is 0.749. The van der Waals surface area contributed by atoms with Crippen molar-refractivity contribution < 1.29 is 19.1 Å². The van der Waals surface area contributed by atoms with Gasteiger partial charge in [0.25, 0.3) is 5.91 Å². The van der Waals surface area contributed by atoms with Crippen molar-refractivity contribution >= 4 is 40.5 Å². The van der Waals surface area contributed by atoms with Gasteiger partial charge in [-0.1, -0.05) is 32.4 Å². The van der Waals surface area contributed by atoms with Crippen LogP contribution in [0.15, 0.2) is 30.3 Å². The zero-order chi connectivity index (χ0) is 20.3. The summed E-state index contributed by atoms with van der Waals surface area (Å²) in [5.41, 5.74) is 2.32. The lowest BCUT2D eigenvalue weighted by Gasteiger charge is -2.30. The Labute approximate surface area is 168 Å². The summed E-state index contributed by atoms with van der Waals surface area (Å²) < 4.78 is 5.44. The van der Waals surface area contributed by atoms with Gasteiger partial charge >= 0.3 is 5.97 Å². The SMILES string of the molecule is CCCc1sc(C(=O)O[C@@H](C)C(=O)N2CC(=O)Nc3ccccc32)cc1CC. The van der Waals surface area contributed by atoms with Crippen LogP contribution in [0.2, 0.25) is 0 Å². The molecule has 0 aliphatic carbocycles. The lowest BCUT2D eigenvalue weighted by molar-refractivity contribution is -0.128. The van der Waals surface area contributed by atoms with Crippen LogP contribution in [0.5, 0.6) is 0 Å². The molecule has 1 atom stereocenters. The van der Waals surface area contributed by atoms with E-state index in [4.69, 9.17) is 4.74 Å². The molecule has 1 aliphatic heterocycles. The maximum absolute atomic E-state index is 12.9. The number of carbonyl (C=O) groups excluding carboxylic acids is 3. The summed E-state index contributed by atoms with van der Waals surface area (Å²) in [5.74, 6) is -1.20. The van der Waals surface area contributed by atoms with Gasteiger partial charge in [0.1, 0.15) is 11.4 Å². The minimum Gasteiger partial charge on any atom is -0.448 e. The predicted octanol–water partition coefficient (Wildman–Crippen LogP) is 3.79. The number of esters is 1. The third kappa shape index (κ3) is 4.09. The van der Waals surface area contributed by atoms with E-state index in [9.17, 15) is 14.4 Å². The normalized spacial score (nSPS) is 14.2. The molecule has 28 heavy (non-hydrogen) atoms. The lowest BCUT2D eigenvalue weighted by Crippen LogP contribution is -2.47. The first-order valence-corrected chi connectivity index (χ1v) is 10.3. The Bertz CT molecular complexity index is 906. The highest BCUT2D eigenvalue weighted by Gasteiger charge is 2.31. The Kier molecular flexibility index (Phi) is 6.14. The predicted molar refractivity (Wildman–Crippen MR) is 110 cm³/mol. The number of rotatable bonds is 6. The average molecular weight is 401 g/mol. The molecule has 1 N–H and O–H groups in total. The molecule has 2 heterocycles. The molecule has 7 heteroatoms. The van der Waals surface area contributed by atoms with E-state index in [0.717, 1.165) is 24.8 Å². The van der Waals surface area contributed by atoms with Crippen molar-refractivity contribution in [2.75, 3.05) is 16.8 Å². The van der Waals surface area contributed by atoms with E-state index >= 15 is 0 Å². The number of benzene rings is 1. The van der Waals surface area contributed by atoms with Crippen LogP contribution in [0.1, 0.15) is 47.3 Å². The second-order valence-corrected chi connectivity index (χ2v) is 7.84. The molecule has 1 aromatic carbocycles. The molecular formula is C21H24N2O4S. The topological polar surface area (TPSA) is 75.7 Å². The highest BCUT2D eigenvalue weighted by molar-refractivity contribution is 7.14. The summed E-state index contributed by atoms with van der Waals surface area (Å²) in [7, 11) is 0. The fourth-order valence-electron chi connectivity index (χ4n) is 3.22. The van der Waals surface area contributed by atoms with Crippen molar-refractivity contribution in [1.29, 1.82) is 0 Å². The Balaban J connectivity index is 1.74. The fourth-order valence-corrected chi connectivity index (χ4v) is 4.46. The monoisotopic (exact) mass is 400 g/mol. The number of carbonyl (C=O) groups is 3. The summed E-state index contributed by atoms with van der Waals surface area (Å²) in [5, 5.41) is 2.74. The minimum absolute atomic E-state index is 0.0998. The highest BCUT2D eigenvalue weighted by Crippen LogP contribution is 2.30. The zero-order valence-electron chi connectivity index (χ0n) is 16.3. The van der Waals surface area contributed by atoms with Gasteiger partial charge in [0.2, 0.25) is 5.91 Å². The molecule has 0 spiro atoms. The first kappa shape index (κ1) is 20.1. The van der Waals surface area contributed by atoms with Gasteiger partial charge in [0, 0.05) is 4.88 Å². The van der Waals surface area contributed by atoms with Crippen LogP contribution in [-0.2, 0) is 27.2 Å². The van der Waals surface area contributed by atoms with Gasteiger partial charge in [-0.3, -0.25) is 14.5 Å². The molecule has 0 fully saturated rings. The number of nitrogens with zero attached hydrogens (tertiary/aromatic N) is 1. The lowest BCUT2D eigenvalue weighted by atomic mass is 10.1. The fraction of sp³-hybridized carbons (Fsp3) is 0.381. The highest BCUT2D eigenvalue weighted by atomic mass is 32.1. The molecule has 1 aliphatic rings. The van der Waals surface area contributed by atoms with Gasteiger partial charge < -0.3 is 10.1 Å². The molecule has 1 aromatic heterocycles. The van der Waals surface area contributed by atoms with Crippen LogP contribution in [-0.4, -0.2) is 30.4 Å². The minimum atomic E-state index is -0.992. The number of ether oxygens (including phenoxy) is 1. The second kappa shape index (κ2) is 8.56. The van der Waals surface area contributed by atoms with Gasteiger partial charge in [0.15, 0.2) is 6.10 Å². The van der Waals surface area contributed by atoms with E-state index in [1.54, 1.807) is 24.3 Å². The van der Waals surface area contributed by atoms with Crippen molar-refractivity contribution in [2.45, 2.75) is 46.1 Å². The van der Waals surface area contributed by atoms with Crippen LogP contribution in [0.25, 0.3) is 0 Å². The third-order valence-corrected chi connectivity index (χ3v) is 5.84. The van der Waals surface area contributed by atoms with Gasteiger partial charge in [-0.2, -0.15) is 0 Å². The first-order valence-electron chi connectivity index (χ1n) is 9.47. The third-order valence-electron chi connectivity index (χ3n) is 4.62. The smallest absolute Gasteiger partial charge is 0.349 e. The molecular weight excluding hydrogens is 376 g/mol. The maximum Gasteiger partial charge on any atom is 0.349 e. The largest absolute Gasteiger partial charge is 0.448 e. The molecule has 3 rings (SSSR count). The van der Waals surface area contributed by atoms with Gasteiger partial charge in [0.05, 0.1) is 11.4 Å². The number of amides is 2. The van der Waals surface area contributed by atoms with E-state index in [0.29, 0.717) is 16.3 Å². The number of fused-ring (bicyclic) bond motifs is 1. The number of hydrogen-bond acceptors (Lipinski definition) is 5. The van der Waals surface area contributed by atoms with E-state index < -0.39 is 18.0 Å². The molecule has 0 unspecified atom stereocenters. The molecule has 0 saturated carbocycles. The standard InChI is InChI=1S/C21H24N2O4S/c1-4-8-17-14(5-2)11-18(28-17)21(26)27-13(3)20(25)23-12-19(24)22-15-9-6-7-10-16(15)23/h6-7,9-11,13H,4-5,8,12H2,1-3H3,(H,22,24)/t13-/m0/s1. The summed E-state index contributed by atoms with van der Waals surface area (Å²) in [4.78, 5) is 40.4. The number of anilines is 2. The van der Waals surface area contributed by atoms with E-state index in [1.807, 2.05) is 6.07 Å². The van der Waals surface area contributed by atoms with Gasteiger partial charge in [-0.15, -0.1) is 11.3 Å². The molecule has 2 aromatic rings. The van der Waals surface area contributed by atoms with Crippen LogP contribution >= 0.6 is 11.3 Å². The molecule has 0 saturated heterocycles. The van der Waals surface area contributed by atoms with Crippen LogP contribution in [0.4, 0.5) is 11.4 Å².